The summed E-state index contributed by atoms with van der Waals surface area (Å²) < 4.78 is 0. The van der Waals surface area contributed by atoms with Crippen LogP contribution in [-0.4, -0.2) is 24.5 Å². The van der Waals surface area contributed by atoms with Crippen molar-refractivity contribution in [1.82, 2.24) is 10.3 Å². The molecule has 0 aliphatic heterocycles. The van der Waals surface area contributed by atoms with E-state index in [0.29, 0.717) is 5.82 Å². The molecule has 0 saturated heterocycles. The second kappa shape index (κ2) is 5.03. The van der Waals surface area contributed by atoms with Gasteiger partial charge in [-0.3, -0.25) is 4.79 Å². The highest BCUT2D eigenvalue weighted by atomic mass is 16.1. The molecule has 0 aliphatic carbocycles. The molecule has 1 rings (SSSR count). The summed E-state index contributed by atoms with van der Waals surface area (Å²) in [6.45, 7) is 0.227. The number of hydrogen-bond donors (Lipinski definition) is 4. The number of anilines is 2. The Labute approximate surface area is 81.9 Å². The second-order valence-corrected chi connectivity index (χ2v) is 2.60. The van der Waals surface area contributed by atoms with E-state index < -0.39 is 0 Å². The summed E-state index contributed by atoms with van der Waals surface area (Å²) in [6.07, 6.45) is 1.60. The molecular formula is C8H13N5O. The Morgan fingerprint density at radius 2 is 2.43 bits per heavy atom. The standard InChI is InChI=1S/C8H13N5O/c1-10-8(14)5-12-6-2-3-11-7(4-6)13-9/h2-4H,5,9H2,1H3,(H,10,14)(H2,11,12,13). The van der Waals surface area contributed by atoms with E-state index >= 15 is 0 Å². The van der Waals surface area contributed by atoms with Crippen LogP contribution in [0.4, 0.5) is 11.5 Å². The summed E-state index contributed by atoms with van der Waals surface area (Å²) in [5, 5.41) is 5.43. The fourth-order valence-electron chi connectivity index (χ4n) is 0.890. The first-order valence-electron chi connectivity index (χ1n) is 4.13. The molecule has 1 aromatic rings. The van der Waals surface area contributed by atoms with Crippen LogP contribution < -0.4 is 21.9 Å². The van der Waals surface area contributed by atoms with Gasteiger partial charge >= 0.3 is 0 Å². The van der Waals surface area contributed by atoms with Crippen molar-refractivity contribution in [1.29, 1.82) is 0 Å². The van der Waals surface area contributed by atoms with E-state index in [2.05, 4.69) is 21.0 Å². The van der Waals surface area contributed by atoms with Gasteiger partial charge < -0.3 is 16.1 Å². The minimum absolute atomic E-state index is 0.0796. The smallest absolute Gasteiger partial charge is 0.239 e. The van der Waals surface area contributed by atoms with Gasteiger partial charge in [0.15, 0.2) is 0 Å². The van der Waals surface area contributed by atoms with Crippen molar-refractivity contribution in [2.24, 2.45) is 5.84 Å². The largest absolute Gasteiger partial charge is 0.376 e. The molecule has 0 unspecified atom stereocenters. The number of carbonyl (C=O) groups excluding carboxylic acids is 1. The molecule has 14 heavy (non-hydrogen) atoms. The van der Waals surface area contributed by atoms with Crippen molar-refractivity contribution in [3.8, 4) is 0 Å². The van der Waals surface area contributed by atoms with Crippen molar-refractivity contribution in [3.63, 3.8) is 0 Å². The Morgan fingerprint density at radius 3 is 3.07 bits per heavy atom. The van der Waals surface area contributed by atoms with Crippen LogP contribution in [0.5, 0.6) is 0 Å². The molecule has 76 valence electrons. The molecule has 0 radical (unpaired) electrons. The third-order valence-electron chi connectivity index (χ3n) is 1.64. The van der Waals surface area contributed by atoms with Crippen molar-refractivity contribution < 1.29 is 4.79 Å². The predicted molar refractivity (Wildman–Crippen MR) is 54.6 cm³/mol. The summed E-state index contributed by atoms with van der Waals surface area (Å²) >= 11 is 0. The Bertz CT molecular complexity index is 314. The summed E-state index contributed by atoms with van der Waals surface area (Å²) in [4.78, 5) is 14.8. The molecule has 0 atom stereocenters. The molecule has 5 N–H and O–H groups in total. The number of aromatic nitrogens is 1. The number of nitrogens with two attached hydrogens (primary N) is 1. The zero-order valence-electron chi connectivity index (χ0n) is 7.87. The van der Waals surface area contributed by atoms with Crippen molar-refractivity contribution in [2.75, 3.05) is 24.3 Å². The number of hydrogen-bond acceptors (Lipinski definition) is 5. The average molecular weight is 195 g/mol. The van der Waals surface area contributed by atoms with E-state index in [1.165, 1.54) is 0 Å². The number of nitrogens with one attached hydrogen (secondary N) is 3. The summed E-state index contributed by atoms with van der Waals surface area (Å²) in [7, 11) is 1.59. The summed E-state index contributed by atoms with van der Waals surface area (Å²) in [5.74, 6) is 5.65. The first-order chi connectivity index (χ1) is 6.76. The fourth-order valence-corrected chi connectivity index (χ4v) is 0.890. The van der Waals surface area contributed by atoms with Crippen LogP contribution in [0.15, 0.2) is 18.3 Å². The third kappa shape index (κ3) is 2.91. The van der Waals surface area contributed by atoms with Crippen LogP contribution in [-0.2, 0) is 4.79 Å². The summed E-state index contributed by atoms with van der Waals surface area (Å²) in [5.41, 5.74) is 3.21. The molecule has 0 bridgehead atoms. The Morgan fingerprint density at radius 1 is 1.64 bits per heavy atom. The van der Waals surface area contributed by atoms with Crippen LogP contribution in [0.1, 0.15) is 0 Å². The van der Waals surface area contributed by atoms with Gasteiger partial charge in [0.1, 0.15) is 5.82 Å². The van der Waals surface area contributed by atoms with Gasteiger partial charge in [0, 0.05) is 25.0 Å². The van der Waals surface area contributed by atoms with Crippen molar-refractivity contribution in [2.45, 2.75) is 0 Å². The van der Waals surface area contributed by atoms with Crippen molar-refractivity contribution in [3.05, 3.63) is 18.3 Å². The minimum atomic E-state index is -0.0796. The second-order valence-electron chi connectivity index (χ2n) is 2.60. The Kier molecular flexibility index (Phi) is 3.69. The molecular weight excluding hydrogens is 182 g/mol. The lowest BCUT2D eigenvalue weighted by molar-refractivity contribution is -0.118. The van der Waals surface area contributed by atoms with Crippen LogP contribution in [0.25, 0.3) is 0 Å². The maximum absolute atomic E-state index is 10.9. The number of nitrogen functional groups attached to an aromatic ring is 1. The topological polar surface area (TPSA) is 92.1 Å². The van der Waals surface area contributed by atoms with Gasteiger partial charge in [-0.15, -0.1) is 0 Å². The molecule has 1 amide bonds. The Hall–Kier alpha value is -1.82. The van der Waals surface area contributed by atoms with Gasteiger partial charge in [0.05, 0.1) is 6.54 Å². The molecule has 6 heteroatoms. The van der Waals surface area contributed by atoms with Gasteiger partial charge in [-0.05, 0) is 6.07 Å². The normalized spacial score (nSPS) is 9.29. The lowest BCUT2D eigenvalue weighted by atomic mass is 10.4. The van der Waals surface area contributed by atoms with Gasteiger partial charge in [-0.25, -0.2) is 10.8 Å². The number of likely N-dealkylation sites (N-methyl/N-ethyl adjacent to an activating group) is 1. The monoisotopic (exact) mass is 195 g/mol. The molecule has 1 aromatic heterocycles. The minimum Gasteiger partial charge on any atom is -0.376 e. The van der Waals surface area contributed by atoms with E-state index in [0.717, 1.165) is 5.69 Å². The van der Waals surface area contributed by atoms with Crippen LogP contribution in [0, 0.1) is 0 Å². The van der Waals surface area contributed by atoms with E-state index in [-0.39, 0.29) is 12.5 Å². The predicted octanol–water partition coefficient (Wildman–Crippen LogP) is -0.475. The van der Waals surface area contributed by atoms with E-state index in [4.69, 9.17) is 5.84 Å². The number of hydrazine groups is 1. The van der Waals surface area contributed by atoms with E-state index in [1.807, 2.05) is 0 Å². The number of carbonyl (C=O) groups is 1. The lowest BCUT2D eigenvalue weighted by Crippen LogP contribution is -2.26. The maximum Gasteiger partial charge on any atom is 0.239 e. The van der Waals surface area contributed by atoms with Crippen LogP contribution in [0.2, 0.25) is 0 Å². The number of rotatable bonds is 4. The average Bonchev–Trinajstić information content (AvgIpc) is 2.26. The molecule has 1 heterocycles. The highest BCUT2D eigenvalue weighted by molar-refractivity contribution is 5.80. The molecule has 0 spiro atoms. The zero-order valence-corrected chi connectivity index (χ0v) is 7.87. The molecule has 0 saturated carbocycles. The summed E-state index contributed by atoms with van der Waals surface area (Å²) in [6, 6.07) is 3.46. The van der Waals surface area contributed by atoms with Gasteiger partial charge in [0.25, 0.3) is 0 Å². The number of pyridine rings is 1. The third-order valence-corrected chi connectivity index (χ3v) is 1.64. The molecule has 6 nitrogen and oxygen atoms in total. The highest BCUT2D eigenvalue weighted by Gasteiger charge is 1.98. The number of amides is 1. The quantitative estimate of drug-likeness (QED) is 0.385. The fraction of sp³-hybridized carbons (Fsp3) is 0.250. The van der Waals surface area contributed by atoms with E-state index in [9.17, 15) is 4.79 Å². The molecule has 0 fully saturated rings. The highest BCUT2D eigenvalue weighted by Crippen LogP contribution is 2.09. The first-order valence-corrected chi connectivity index (χ1v) is 4.13. The number of nitrogens with zero attached hydrogens (tertiary/aromatic N) is 1. The van der Waals surface area contributed by atoms with Gasteiger partial charge in [0.2, 0.25) is 5.91 Å². The first kappa shape index (κ1) is 10.3. The van der Waals surface area contributed by atoms with Gasteiger partial charge in [-0.2, -0.15) is 0 Å². The lowest BCUT2D eigenvalue weighted by Gasteiger charge is -2.06. The van der Waals surface area contributed by atoms with Crippen molar-refractivity contribution >= 4 is 17.4 Å². The SMILES string of the molecule is CNC(=O)CNc1ccnc(NN)c1. The maximum atomic E-state index is 10.9. The van der Waals surface area contributed by atoms with Crippen LogP contribution >= 0.6 is 0 Å². The van der Waals surface area contributed by atoms with E-state index in [1.54, 1.807) is 25.4 Å². The molecule has 0 aliphatic rings. The zero-order chi connectivity index (χ0) is 10.4. The molecule has 0 aromatic carbocycles. The van der Waals surface area contributed by atoms with Gasteiger partial charge in [-0.1, -0.05) is 0 Å². The van der Waals surface area contributed by atoms with Crippen LogP contribution in [0.3, 0.4) is 0 Å². The Balaban J connectivity index is 2.54.